The minimum absolute atomic E-state index is 0.0191. The van der Waals surface area contributed by atoms with Crippen molar-refractivity contribution in [1.29, 1.82) is 0 Å². The molecule has 17 heavy (non-hydrogen) atoms. The van der Waals surface area contributed by atoms with Gasteiger partial charge >= 0.3 is 5.97 Å². The van der Waals surface area contributed by atoms with Crippen LogP contribution in [0, 0.1) is 0 Å². The number of hydrogen-bond acceptors (Lipinski definition) is 4. The second-order valence-corrected chi connectivity index (χ2v) is 6.36. The van der Waals surface area contributed by atoms with Crippen LogP contribution in [0.5, 0.6) is 0 Å². The number of carboxylic acids is 1. The second kappa shape index (κ2) is 6.48. The Kier molecular flexibility index (Phi) is 5.57. The van der Waals surface area contributed by atoms with E-state index >= 15 is 0 Å². The molecule has 0 fully saturated rings. The molecular weight excluding hydrogens is 378 g/mol. The maximum atomic E-state index is 11.6. The molecule has 0 radical (unpaired) electrons. The van der Waals surface area contributed by atoms with Gasteiger partial charge < -0.3 is 15.5 Å². The van der Waals surface area contributed by atoms with Crippen LogP contribution in [0.3, 0.4) is 0 Å². The molecule has 1 atom stereocenters. The van der Waals surface area contributed by atoms with Crippen LogP contribution in [-0.2, 0) is 4.79 Å². The lowest BCUT2D eigenvalue weighted by molar-refractivity contribution is -0.146. The highest BCUT2D eigenvalue weighted by Crippen LogP contribution is 2.32. The van der Waals surface area contributed by atoms with Crippen LogP contribution in [0.15, 0.2) is 14.3 Å². The molecule has 3 N–H and O–H groups in total. The fraction of sp³-hybridized carbons (Fsp3) is 0.333. The Labute approximate surface area is 118 Å². The third-order valence-electron chi connectivity index (χ3n) is 1.86. The minimum Gasteiger partial charge on any atom is -0.479 e. The Morgan fingerprint density at radius 1 is 1.47 bits per heavy atom. The number of aliphatic hydroxyl groups is 1. The Bertz CT molecular complexity index is 415. The molecule has 1 aromatic heterocycles. The summed E-state index contributed by atoms with van der Waals surface area (Å²) in [6.45, 7) is 0.111. The lowest BCUT2D eigenvalue weighted by atomic mass is 10.2. The van der Waals surface area contributed by atoms with E-state index in [1.54, 1.807) is 6.07 Å². The van der Waals surface area contributed by atoms with Gasteiger partial charge in [-0.3, -0.25) is 4.79 Å². The van der Waals surface area contributed by atoms with Crippen LogP contribution in [0.4, 0.5) is 0 Å². The van der Waals surface area contributed by atoms with Crippen LogP contribution in [0.2, 0.25) is 0 Å². The molecule has 0 saturated carbocycles. The zero-order valence-electron chi connectivity index (χ0n) is 8.44. The number of carbonyl (C=O) groups excluding carboxylic acids is 1. The lowest BCUT2D eigenvalue weighted by Crippen LogP contribution is -2.29. The van der Waals surface area contributed by atoms with E-state index in [0.29, 0.717) is 4.88 Å². The van der Waals surface area contributed by atoms with Gasteiger partial charge in [0, 0.05) is 17.4 Å². The van der Waals surface area contributed by atoms with Crippen molar-refractivity contribution in [3.8, 4) is 0 Å². The van der Waals surface area contributed by atoms with Gasteiger partial charge in [-0.1, -0.05) is 0 Å². The summed E-state index contributed by atoms with van der Waals surface area (Å²) in [4.78, 5) is 22.4. The van der Waals surface area contributed by atoms with Gasteiger partial charge in [-0.2, -0.15) is 0 Å². The van der Waals surface area contributed by atoms with Gasteiger partial charge in [-0.15, -0.1) is 11.3 Å². The van der Waals surface area contributed by atoms with E-state index in [0.717, 1.165) is 8.26 Å². The highest BCUT2D eigenvalue weighted by atomic mass is 79.9. The highest BCUT2D eigenvalue weighted by Gasteiger charge is 2.15. The summed E-state index contributed by atoms with van der Waals surface area (Å²) >= 11 is 7.80. The average Bonchev–Trinajstić information content (AvgIpc) is 2.59. The summed E-state index contributed by atoms with van der Waals surface area (Å²) < 4.78 is 1.60. The molecule has 94 valence electrons. The van der Waals surface area contributed by atoms with Crippen molar-refractivity contribution in [3.63, 3.8) is 0 Å². The normalized spacial score (nSPS) is 12.2. The smallest absolute Gasteiger partial charge is 0.332 e. The SMILES string of the molecule is O=C(NCC[C@H](O)C(=O)O)c1cc(Br)c(Br)s1. The molecule has 0 spiro atoms. The zero-order chi connectivity index (χ0) is 13.0. The van der Waals surface area contributed by atoms with E-state index in [1.165, 1.54) is 11.3 Å². The molecule has 5 nitrogen and oxygen atoms in total. The fourth-order valence-corrected chi connectivity index (χ4v) is 2.94. The van der Waals surface area contributed by atoms with Crippen LogP contribution in [0.25, 0.3) is 0 Å². The first-order chi connectivity index (χ1) is 7.91. The zero-order valence-corrected chi connectivity index (χ0v) is 12.4. The summed E-state index contributed by atoms with van der Waals surface area (Å²) in [5.74, 6) is -1.58. The van der Waals surface area contributed by atoms with Gasteiger partial charge in [-0.05, 0) is 37.9 Å². The van der Waals surface area contributed by atoms with E-state index in [2.05, 4.69) is 37.2 Å². The monoisotopic (exact) mass is 385 g/mol. The fourth-order valence-electron chi connectivity index (χ4n) is 0.991. The van der Waals surface area contributed by atoms with Crippen LogP contribution < -0.4 is 5.32 Å². The van der Waals surface area contributed by atoms with E-state index in [4.69, 9.17) is 10.2 Å². The molecule has 0 aromatic carbocycles. The topological polar surface area (TPSA) is 86.6 Å². The minimum atomic E-state index is -1.45. The number of amides is 1. The van der Waals surface area contributed by atoms with E-state index in [9.17, 15) is 9.59 Å². The predicted molar refractivity (Wildman–Crippen MR) is 70.3 cm³/mol. The number of hydrogen-bond donors (Lipinski definition) is 3. The standard InChI is InChI=1S/C9H9Br2NO4S/c10-4-3-6(17-7(4)11)8(14)12-2-1-5(13)9(15)16/h3,5,13H,1-2H2,(H,12,14)(H,15,16)/t5-/m0/s1. The van der Waals surface area contributed by atoms with Crippen molar-refractivity contribution < 1.29 is 19.8 Å². The number of rotatable bonds is 5. The van der Waals surface area contributed by atoms with Crippen molar-refractivity contribution in [2.45, 2.75) is 12.5 Å². The van der Waals surface area contributed by atoms with Gasteiger partial charge in [0.2, 0.25) is 0 Å². The van der Waals surface area contributed by atoms with E-state index < -0.39 is 12.1 Å². The van der Waals surface area contributed by atoms with E-state index in [1.807, 2.05) is 0 Å². The molecule has 0 bridgehead atoms. The Balaban J connectivity index is 2.43. The number of carboxylic acid groups (broad SMARTS) is 1. The molecule has 8 heteroatoms. The molecule has 1 heterocycles. The van der Waals surface area contributed by atoms with Crippen LogP contribution in [0.1, 0.15) is 16.1 Å². The van der Waals surface area contributed by atoms with E-state index in [-0.39, 0.29) is 18.9 Å². The summed E-state index contributed by atoms with van der Waals surface area (Å²) in [5.41, 5.74) is 0. The number of halogens is 2. The Hall–Kier alpha value is -0.440. The van der Waals surface area contributed by atoms with Crippen molar-refractivity contribution in [2.24, 2.45) is 0 Å². The third kappa shape index (κ3) is 4.38. The lowest BCUT2D eigenvalue weighted by Gasteiger charge is -2.05. The van der Waals surface area contributed by atoms with Crippen LogP contribution >= 0.6 is 43.2 Å². The summed E-state index contributed by atoms with van der Waals surface area (Å²) in [6, 6.07) is 1.66. The summed E-state index contributed by atoms with van der Waals surface area (Å²) in [7, 11) is 0. The quantitative estimate of drug-likeness (QED) is 0.720. The molecule has 1 rings (SSSR count). The van der Waals surface area contributed by atoms with Gasteiger partial charge in [-0.25, -0.2) is 4.79 Å². The molecule has 1 aromatic rings. The largest absolute Gasteiger partial charge is 0.479 e. The second-order valence-electron chi connectivity index (χ2n) is 3.13. The summed E-state index contributed by atoms with van der Waals surface area (Å²) in [6.07, 6.45) is -1.47. The molecule has 0 unspecified atom stereocenters. The molecule has 0 saturated heterocycles. The van der Waals surface area contributed by atoms with Crippen molar-refractivity contribution in [3.05, 3.63) is 19.2 Å². The molecule has 0 aliphatic rings. The van der Waals surface area contributed by atoms with Gasteiger partial charge in [0.05, 0.1) is 8.66 Å². The number of nitrogens with one attached hydrogen (secondary N) is 1. The summed E-state index contributed by atoms with van der Waals surface area (Å²) in [5, 5.41) is 20.0. The Morgan fingerprint density at radius 3 is 2.59 bits per heavy atom. The third-order valence-corrected chi connectivity index (χ3v) is 5.11. The van der Waals surface area contributed by atoms with Gasteiger partial charge in [0.15, 0.2) is 6.10 Å². The number of thiophene rings is 1. The molecule has 0 aliphatic carbocycles. The average molecular weight is 387 g/mol. The number of carbonyl (C=O) groups is 2. The first-order valence-electron chi connectivity index (χ1n) is 4.55. The van der Waals surface area contributed by atoms with Crippen LogP contribution in [-0.4, -0.2) is 34.7 Å². The van der Waals surface area contributed by atoms with Crippen molar-refractivity contribution in [2.75, 3.05) is 6.54 Å². The van der Waals surface area contributed by atoms with Gasteiger partial charge in [0.25, 0.3) is 5.91 Å². The maximum Gasteiger partial charge on any atom is 0.332 e. The number of aliphatic carboxylic acids is 1. The van der Waals surface area contributed by atoms with Crippen molar-refractivity contribution in [1.82, 2.24) is 5.32 Å². The van der Waals surface area contributed by atoms with Crippen molar-refractivity contribution >= 4 is 55.1 Å². The molecule has 1 amide bonds. The number of aliphatic hydroxyl groups excluding tert-OH is 1. The van der Waals surface area contributed by atoms with Gasteiger partial charge in [0.1, 0.15) is 0 Å². The first kappa shape index (κ1) is 14.6. The molecular formula is C9H9Br2NO4S. The first-order valence-corrected chi connectivity index (χ1v) is 6.96. The molecule has 0 aliphatic heterocycles. The predicted octanol–water partition coefficient (Wildman–Crippen LogP) is 1.84. The highest BCUT2D eigenvalue weighted by molar-refractivity contribution is 9.13. The maximum absolute atomic E-state index is 11.6. The Morgan fingerprint density at radius 2 is 2.12 bits per heavy atom.